The average molecular weight is 338 g/mol. The van der Waals surface area contributed by atoms with Crippen molar-refractivity contribution in [1.29, 1.82) is 0 Å². The third-order valence-electron chi connectivity index (χ3n) is 4.90. The van der Waals surface area contributed by atoms with Crippen LogP contribution < -0.4 is 0 Å². The van der Waals surface area contributed by atoms with E-state index in [0.29, 0.717) is 6.61 Å². The summed E-state index contributed by atoms with van der Waals surface area (Å²) in [7, 11) is 3.87. The number of methoxy groups -OCH3 is 1. The minimum atomic E-state index is -0.152. The zero-order valence-electron chi connectivity index (χ0n) is 14.9. The highest BCUT2D eigenvalue weighted by Gasteiger charge is 2.43. The van der Waals surface area contributed by atoms with Crippen molar-refractivity contribution in [3.8, 4) is 0 Å². The fourth-order valence-electron chi connectivity index (χ4n) is 3.72. The maximum absolute atomic E-state index is 6.49. The number of rotatable bonds is 7. The van der Waals surface area contributed by atoms with Gasteiger partial charge in [0.25, 0.3) is 0 Å². The molecule has 0 amide bonds. The van der Waals surface area contributed by atoms with E-state index in [-0.39, 0.29) is 11.7 Å². The van der Waals surface area contributed by atoms with Crippen LogP contribution in [0.25, 0.3) is 0 Å². The molecule has 6 nitrogen and oxygen atoms in total. The SMILES string of the molecule is COCCN1CCOCC2(CCC(CN(C)Cc3ccco3)O2)C1. The van der Waals surface area contributed by atoms with Gasteiger partial charge in [0.05, 0.1) is 38.7 Å². The fourth-order valence-corrected chi connectivity index (χ4v) is 3.72. The van der Waals surface area contributed by atoms with Crippen LogP contribution in [-0.4, -0.2) is 81.7 Å². The van der Waals surface area contributed by atoms with Crippen molar-refractivity contribution in [2.24, 2.45) is 0 Å². The van der Waals surface area contributed by atoms with Gasteiger partial charge in [-0.05, 0) is 32.0 Å². The molecule has 3 rings (SSSR count). The predicted octanol–water partition coefficient (Wildman–Crippen LogP) is 1.61. The van der Waals surface area contributed by atoms with Crippen LogP contribution in [0.2, 0.25) is 0 Å². The summed E-state index contributed by atoms with van der Waals surface area (Å²) in [5, 5.41) is 0. The van der Waals surface area contributed by atoms with Crippen molar-refractivity contribution >= 4 is 0 Å². The monoisotopic (exact) mass is 338 g/mol. The predicted molar refractivity (Wildman–Crippen MR) is 91.0 cm³/mol. The smallest absolute Gasteiger partial charge is 0.117 e. The van der Waals surface area contributed by atoms with Crippen molar-refractivity contribution in [2.75, 3.05) is 60.2 Å². The summed E-state index contributed by atoms with van der Waals surface area (Å²) in [4.78, 5) is 4.67. The maximum atomic E-state index is 6.49. The number of hydrogen-bond donors (Lipinski definition) is 0. The van der Waals surface area contributed by atoms with Crippen LogP contribution in [-0.2, 0) is 20.8 Å². The van der Waals surface area contributed by atoms with Gasteiger partial charge < -0.3 is 18.6 Å². The van der Waals surface area contributed by atoms with Crippen LogP contribution in [0.1, 0.15) is 18.6 Å². The van der Waals surface area contributed by atoms with Gasteiger partial charge in [0.2, 0.25) is 0 Å². The Balaban J connectivity index is 1.50. The minimum Gasteiger partial charge on any atom is -0.468 e. The highest BCUT2D eigenvalue weighted by atomic mass is 16.6. The highest BCUT2D eigenvalue weighted by Crippen LogP contribution is 2.33. The third-order valence-corrected chi connectivity index (χ3v) is 4.90. The first-order valence-electron chi connectivity index (χ1n) is 8.87. The summed E-state index contributed by atoms with van der Waals surface area (Å²) in [6.45, 7) is 6.80. The Hall–Kier alpha value is -0.920. The van der Waals surface area contributed by atoms with Crippen LogP contribution in [0, 0.1) is 0 Å². The molecule has 0 saturated carbocycles. The van der Waals surface area contributed by atoms with Gasteiger partial charge in [0, 0.05) is 33.3 Å². The molecule has 136 valence electrons. The van der Waals surface area contributed by atoms with Crippen LogP contribution in [0.4, 0.5) is 0 Å². The van der Waals surface area contributed by atoms with E-state index >= 15 is 0 Å². The van der Waals surface area contributed by atoms with Gasteiger partial charge in [-0.2, -0.15) is 0 Å². The van der Waals surface area contributed by atoms with E-state index in [1.165, 1.54) is 0 Å². The molecule has 1 aromatic rings. The second-order valence-corrected chi connectivity index (χ2v) is 7.06. The Morgan fingerprint density at radius 2 is 2.38 bits per heavy atom. The minimum absolute atomic E-state index is 0.152. The molecule has 2 fully saturated rings. The fraction of sp³-hybridized carbons (Fsp3) is 0.778. The largest absolute Gasteiger partial charge is 0.468 e. The summed E-state index contributed by atoms with van der Waals surface area (Å²) in [5.41, 5.74) is -0.152. The molecule has 0 N–H and O–H groups in total. The third kappa shape index (κ3) is 4.80. The molecule has 0 aliphatic carbocycles. The molecule has 3 heterocycles. The summed E-state index contributed by atoms with van der Waals surface area (Å²) in [5.74, 6) is 0.994. The van der Waals surface area contributed by atoms with Gasteiger partial charge in [-0.15, -0.1) is 0 Å². The topological polar surface area (TPSA) is 47.3 Å². The molecular formula is C18H30N2O4. The first kappa shape index (κ1) is 17.9. The molecule has 6 heteroatoms. The van der Waals surface area contributed by atoms with Gasteiger partial charge in [-0.25, -0.2) is 0 Å². The van der Waals surface area contributed by atoms with Crippen molar-refractivity contribution in [3.05, 3.63) is 24.2 Å². The summed E-state index contributed by atoms with van der Waals surface area (Å²) in [6.07, 6.45) is 4.14. The number of nitrogens with zero attached hydrogens (tertiary/aromatic N) is 2. The number of hydrogen-bond acceptors (Lipinski definition) is 6. The summed E-state index contributed by atoms with van der Waals surface area (Å²) in [6, 6.07) is 3.95. The first-order chi connectivity index (χ1) is 11.7. The Morgan fingerprint density at radius 1 is 1.46 bits per heavy atom. The van der Waals surface area contributed by atoms with Crippen molar-refractivity contribution in [1.82, 2.24) is 9.80 Å². The van der Waals surface area contributed by atoms with Crippen molar-refractivity contribution < 1.29 is 18.6 Å². The van der Waals surface area contributed by atoms with E-state index in [2.05, 4.69) is 16.8 Å². The van der Waals surface area contributed by atoms with E-state index in [9.17, 15) is 0 Å². The van der Waals surface area contributed by atoms with Gasteiger partial charge in [-0.3, -0.25) is 9.80 Å². The van der Waals surface area contributed by atoms with E-state index < -0.39 is 0 Å². The van der Waals surface area contributed by atoms with Crippen molar-refractivity contribution in [3.63, 3.8) is 0 Å². The second-order valence-electron chi connectivity index (χ2n) is 7.06. The Morgan fingerprint density at radius 3 is 3.17 bits per heavy atom. The van der Waals surface area contributed by atoms with Crippen molar-refractivity contribution in [2.45, 2.75) is 31.1 Å². The van der Waals surface area contributed by atoms with Crippen LogP contribution >= 0.6 is 0 Å². The molecule has 2 unspecified atom stereocenters. The lowest BCUT2D eigenvalue weighted by molar-refractivity contribution is -0.0919. The van der Waals surface area contributed by atoms with Gasteiger partial charge in [0.1, 0.15) is 11.4 Å². The molecule has 2 saturated heterocycles. The maximum Gasteiger partial charge on any atom is 0.117 e. The average Bonchev–Trinajstić information content (AvgIpc) is 3.14. The molecular weight excluding hydrogens is 308 g/mol. The number of ether oxygens (including phenoxy) is 3. The molecule has 24 heavy (non-hydrogen) atoms. The molecule has 1 aromatic heterocycles. The lowest BCUT2D eigenvalue weighted by Crippen LogP contribution is -2.46. The Kier molecular flexibility index (Phi) is 6.30. The van der Waals surface area contributed by atoms with Crippen LogP contribution in [0.15, 0.2) is 22.8 Å². The van der Waals surface area contributed by atoms with E-state index in [1.807, 2.05) is 12.1 Å². The number of likely N-dealkylation sites (N-methyl/N-ethyl adjacent to an activating group) is 1. The first-order valence-corrected chi connectivity index (χ1v) is 8.87. The van der Waals surface area contributed by atoms with Crippen LogP contribution in [0.5, 0.6) is 0 Å². The normalized spacial score (nSPS) is 28.7. The van der Waals surface area contributed by atoms with Gasteiger partial charge >= 0.3 is 0 Å². The highest BCUT2D eigenvalue weighted by molar-refractivity contribution is 4.98. The van der Waals surface area contributed by atoms with E-state index in [0.717, 1.165) is 64.5 Å². The molecule has 2 atom stereocenters. The zero-order chi connectivity index (χ0) is 16.8. The second kappa shape index (κ2) is 8.45. The molecule has 2 aliphatic heterocycles. The lowest BCUT2D eigenvalue weighted by Gasteiger charge is -2.32. The lowest BCUT2D eigenvalue weighted by atomic mass is 10.00. The molecule has 1 spiro atoms. The molecule has 2 aliphatic rings. The zero-order valence-corrected chi connectivity index (χ0v) is 14.9. The molecule has 0 bridgehead atoms. The van der Waals surface area contributed by atoms with E-state index in [4.69, 9.17) is 18.6 Å². The van der Waals surface area contributed by atoms with E-state index in [1.54, 1.807) is 13.4 Å². The summed E-state index contributed by atoms with van der Waals surface area (Å²) >= 11 is 0. The number of furan rings is 1. The molecule has 0 aromatic carbocycles. The Labute approximate surface area is 144 Å². The summed E-state index contributed by atoms with van der Waals surface area (Å²) < 4.78 is 23.0. The Bertz CT molecular complexity index is 481. The van der Waals surface area contributed by atoms with Crippen LogP contribution in [0.3, 0.4) is 0 Å². The van der Waals surface area contributed by atoms with Gasteiger partial charge in [-0.1, -0.05) is 0 Å². The van der Waals surface area contributed by atoms with Gasteiger partial charge in [0.15, 0.2) is 0 Å². The standard InChI is InChI=1S/C18H30N2O4/c1-19(12-16-4-3-9-23-16)13-17-5-6-18(24-17)14-20(7-10-21-2)8-11-22-15-18/h3-4,9,17H,5-8,10-15H2,1-2H3. The quantitative estimate of drug-likeness (QED) is 0.753. The molecule has 0 radical (unpaired) electrons.